The smallest absolute Gasteiger partial charge is 0.247 e. The molecule has 2 aliphatic rings. The number of amides is 1. The van der Waals surface area contributed by atoms with Crippen molar-refractivity contribution in [2.45, 2.75) is 82.9 Å². The Morgan fingerprint density at radius 3 is 2.51 bits per heavy atom. The zero-order chi connectivity index (χ0) is 25.8. The van der Waals surface area contributed by atoms with E-state index in [1.54, 1.807) is 18.2 Å². The lowest BCUT2D eigenvalue weighted by atomic mass is 9.90. The van der Waals surface area contributed by atoms with E-state index in [9.17, 15) is 9.18 Å². The van der Waals surface area contributed by atoms with E-state index in [4.69, 9.17) is 32.9 Å². The molecule has 198 valence electrons. The lowest BCUT2D eigenvalue weighted by Gasteiger charge is -2.28. The lowest BCUT2D eigenvalue weighted by Crippen LogP contribution is -2.41. The van der Waals surface area contributed by atoms with Crippen molar-refractivity contribution in [3.05, 3.63) is 63.6 Å². The van der Waals surface area contributed by atoms with E-state index in [1.807, 2.05) is 16.7 Å². The first kappa shape index (κ1) is 26.5. The van der Waals surface area contributed by atoms with Crippen LogP contribution in [0.5, 0.6) is 0 Å². The van der Waals surface area contributed by atoms with Crippen LogP contribution < -0.4 is 5.32 Å². The molecule has 2 saturated carbocycles. The fraction of sp³-hybridized carbons (Fsp3) is 0.517. The molecule has 3 aromatic rings. The minimum absolute atomic E-state index is 0.0131. The van der Waals surface area contributed by atoms with Gasteiger partial charge in [0.1, 0.15) is 24.3 Å². The van der Waals surface area contributed by atoms with Crippen LogP contribution >= 0.6 is 23.2 Å². The summed E-state index contributed by atoms with van der Waals surface area (Å²) in [5, 5.41) is 3.80. The van der Waals surface area contributed by atoms with Crippen molar-refractivity contribution >= 4 is 40.1 Å². The molecule has 0 aliphatic heterocycles. The second kappa shape index (κ2) is 12.1. The molecule has 0 saturated heterocycles. The predicted octanol–water partition coefficient (Wildman–Crippen LogP) is 7.62. The third-order valence-electron chi connectivity index (χ3n) is 7.74. The molecule has 1 heterocycles. The molecule has 2 aliphatic carbocycles. The minimum Gasteiger partial charge on any atom is -0.373 e. The van der Waals surface area contributed by atoms with Gasteiger partial charge in [-0.15, -0.1) is 0 Å². The van der Waals surface area contributed by atoms with Gasteiger partial charge in [0.25, 0.3) is 0 Å². The number of hydrogen-bond donors (Lipinski definition) is 1. The molecule has 2 aromatic carbocycles. The molecule has 2 fully saturated rings. The molecular formula is C29H34Cl2FN3O2. The number of fused-ring (bicyclic) bond motifs is 1. The van der Waals surface area contributed by atoms with Gasteiger partial charge in [0.05, 0.1) is 16.1 Å². The molecule has 1 aromatic heterocycles. The van der Waals surface area contributed by atoms with Gasteiger partial charge in [0, 0.05) is 23.7 Å². The molecule has 0 radical (unpaired) electrons. The molecule has 1 amide bonds. The second-order valence-corrected chi connectivity index (χ2v) is 11.3. The van der Waals surface area contributed by atoms with Gasteiger partial charge >= 0.3 is 0 Å². The second-order valence-electron chi connectivity index (χ2n) is 10.5. The lowest BCUT2D eigenvalue weighted by molar-refractivity contribution is -0.124. The number of halogens is 3. The zero-order valence-electron chi connectivity index (χ0n) is 21.0. The van der Waals surface area contributed by atoms with E-state index < -0.39 is 11.9 Å². The molecule has 8 heteroatoms. The average molecular weight is 547 g/mol. The van der Waals surface area contributed by atoms with E-state index in [0.717, 1.165) is 31.2 Å². The summed E-state index contributed by atoms with van der Waals surface area (Å²) in [5.41, 5.74) is 1.76. The molecule has 1 atom stereocenters. The van der Waals surface area contributed by atoms with Gasteiger partial charge in [-0.25, -0.2) is 9.37 Å². The highest BCUT2D eigenvalue weighted by Crippen LogP contribution is 2.32. The Kier molecular flexibility index (Phi) is 8.68. The SMILES string of the molecule is O=C(NC1CCCCC1)C(c1cccc(Cl)c1)n1c(COCC2CCCCC2)nc2cc(F)c(Cl)cc21. The number of aromatic nitrogens is 2. The van der Waals surface area contributed by atoms with Crippen molar-refractivity contribution in [2.75, 3.05) is 6.61 Å². The zero-order valence-corrected chi connectivity index (χ0v) is 22.5. The van der Waals surface area contributed by atoms with Crippen molar-refractivity contribution in [3.8, 4) is 0 Å². The molecular weight excluding hydrogens is 512 g/mol. The Labute approximate surface area is 227 Å². The number of benzene rings is 2. The highest BCUT2D eigenvalue weighted by atomic mass is 35.5. The van der Waals surface area contributed by atoms with E-state index in [0.29, 0.717) is 34.4 Å². The fourth-order valence-corrected chi connectivity index (χ4v) is 6.18. The van der Waals surface area contributed by atoms with Crippen LogP contribution in [0.1, 0.15) is 81.6 Å². The van der Waals surface area contributed by atoms with Crippen molar-refractivity contribution in [2.24, 2.45) is 5.92 Å². The third kappa shape index (κ3) is 6.30. The van der Waals surface area contributed by atoms with Crippen LogP contribution in [0.25, 0.3) is 11.0 Å². The number of rotatable bonds is 8. The number of nitrogens with one attached hydrogen (secondary N) is 1. The highest BCUT2D eigenvalue weighted by Gasteiger charge is 2.30. The van der Waals surface area contributed by atoms with E-state index in [2.05, 4.69) is 5.32 Å². The van der Waals surface area contributed by atoms with Crippen molar-refractivity contribution in [3.63, 3.8) is 0 Å². The summed E-state index contributed by atoms with van der Waals surface area (Å²) < 4.78 is 22.4. The number of hydrogen-bond acceptors (Lipinski definition) is 3. The maximum absolute atomic E-state index is 14.4. The maximum atomic E-state index is 14.4. The topological polar surface area (TPSA) is 56.2 Å². The molecule has 37 heavy (non-hydrogen) atoms. The molecule has 0 spiro atoms. The summed E-state index contributed by atoms with van der Waals surface area (Å²) in [7, 11) is 0. The van der Waals surface area contributed by atoms with Crippen LogP contribution in [0.15, 0.2) is 36.4 Å². The number of imidazole rings is 1. The number of nitrogens with zero attached hydrogens (tertiary/aromatic N) is 2. The predicted molar refractivity (Wildman–Crippen MR) is 146 cm³/mol. The molecule has 5 nitrogen and oxygen atoms in total. The summed E-state index contributed by atoms with van der Waals surface area (Å²) in [6.07, 6.45) is 11.5. The highest BCUT2D eigenvalue weighted by molar-refractivity contribution is 6.31. The first-order valence-corrected chi connectivity index (χ1v) is 14.2. The van der Waals surface area contributed by atoms with Gasteiger partial charge in [0.2, 0.25) is 5.91 Å². The summed E-state index contributed by atoms with van der Waals surface area (Å²) in [5.74, 6) is 0.426. The fourth-order valence-electron chi connectivity index (χ4n) is 5.82. The van der Waals surface area contributed by atoms with Crippen LogP contribution in [-0.2, 0) is 16.1 Å². The first-order chi connectivity index (χ1) is 18.0. The van der Waals surface area contributed by atoms with E-state index >= 15 is 0 Å². The van der Waals surface area contributed by atoms with Crippen LogP contribution in [0.3, 0.4) is 0 Å². The van der Waals surface area contributed by atoms with Gasteiger partial charge in [-0.2, -0.15) is 0 Å². The van der Waals surface area contributed by atoms with E-state index in [1.165, 1.54) is 44.6 Å². The quantitative estimate of drug-likeness (QED) is 0.316. The molecule has 5 rings (SSSR count). The first-order valence-electron chi connectivity index (χ1n) is 13.5. The summed E-state index contributed by atoms with van der Waals surface area (Å²) in [6, 6.07) is 9.57. The number of carbonyl (C=O) groups is 1. The minimum atomic E-state index is -0.750. The molecule has 1 N–H and O–H groups in total. The Balaban J connectivity index is 1.53. The molecule has 1 unspecified atom stereocenters. The summed E-state index contributed by atoms with van der Waals surface area (Å²) in [6.45, 7) is 0.868. The summed E-state index contributed by atoms with van der Waals surface area (Å²) >= 11 is 12.6. The van der Waals surface area contributed by atoms with Gasteiger partial charge in [0.15, 0.2) is 0 Å². The van der Waals surface area contributed by atoms with Crippen molar-refractivity contribution in [1.82, 2.24) is 14.9 Å². The van der Waals surface area contributed by atoms with Crippen molar-refractivity contribution < 1.29 is 13.9 Å². The largest absolute Gasteiger partial charge is 0.373 e. The average Bonchev–Trinajstić information content (AvgIpc) is 3.22. The standard InChI is InChI=1S/C29H34Cl2FN3O2/c30-21-11-7-10-20(14-21)28(29(36)33-22-12-5-2-6-13-22)35-26-15-23(31)24(32)16-25(26)34-27(35)18-37-17-19-8-3-1-4-9-19/h7,10-11,14-16,19,22,28H,1-6,8-9,12-13,17-18H2,(H,33,36). The Hall–Kier alpha value is -2.15. The maximum Gasteiger partial charge on any atom is 0.247 e. The van der Waals surface area contributed by atoms with Gasteiger partial charge in [-0.05, 0) is 55.4 Å². The van der Waals surface area contributed by atoms with Crippen LogP contribution in [-0.4, -0.2) is 28.1 Å². The van der Waals surface area contributed by atoms with Gasteiger partial charge in [-0.1, -0.05) is 73.9 Å². The Morgan fingerprint density at radius 2 is 1.78 bits per heavy atom. The Bertz CT molecular complexity index is 1240. The van der Waals surface area contributed by atoms with Crippen LogP contribution in [0, 0.1) is 11.7 Å². The number of carbonyl (C=O) groups excluding carboxylic acids is 1. The third-order valence-corrected chi connectivity index (χ3v) is 8.26. The van der Waals surface area contributed by atoms with Crippen molar-refractivity contribution in [1.29, 1.82) is 0 Å². The Morgan fingerprint density at radius 1 is 1.05 bits per heavy atom. The van der Waals surface area contributed by atoms with E-state index in [-0.39, 0.29) is 23.6 Å². The molecule has 0 bridgehead atoms. The number of ether oxygens (including phenoxy) is 1. The van der Waals surface area contributed by atoms with Crippen LogP contribution in [0.4, 0.5) is 4.39 Å². The normalized spacial score (nSPS) is 18.2. The summed E-state index contributed by atoms with van der Waals surface area (Å²) in [4.78, 5) is 18.7. The van der Waals surface area contributed by atoms with Gasteiger partial charge < -0.3 is 14.6 Å². The van der Waals surface area contributed by atoms with Gasteiger partial charge in [-0.3, -0.25) is 4.79 Å². The monoisotopic (exact) mass is 545 g/mol. The van der Waals surface area contributed by atoms with Crippen LogP contribution in [0.2, 0.25) is 10.0 Å².